The molecule has 0 unspecified atom stereocenters. The van der Waals surface area contributed by atoms with E-state index in [0.29, 0.717) is 29.0 Å². The van der Waals surface area contributed by atoms with E-state index in [2.05, 4.69) is 46.6 Å². The molecule has 0 aliphatic heterocycles. The van der Waals surface area contributed by atoms with Crippen LogP contribution >= 0.6 is 0 Å². The zero-order valence-electron chi connectivity index (χ0n) is 17.6. The molecule has 7 heteroatoms. The van der Waals surface area contributed by atoms with Crippen LogP contribution in [0.3, 0.4) is 0 Å². The maximum absolute atomic E-state index is 5.41. The number of nitrogens with one attached hydrogen (secondary N) is 2. The predicted molar refractivity (Wildman–Crippen MR) is 115 cm³/mol. The maximum Gasteiger partial charge on any atom is 0.229 e. The molecular formula is C22H26N4O3. The highest BCUT2D eigenvalue weighted by molar-refractivity contribution is 5.67. The van der Waals surface area contributed by atoms with Gasteiger partial charge in [-0.15, -0.1) is 0 Å². The highest BCUT2D eigenvalue weighted by Gasteiger charge is 2.14. The highest BCUT2D eigenvalue weighted by Crippen LogP contribution is 2.40. The van der Waals surface area contributed by atoms with Gasteiger partial charge in [-0.2, -0.15) is 4.98 Å². The summed E-state index contributed by atoms with van der Waals surface area (Å²) < 4.78 is 16.2. The van der Waals surface area contributed by atoms with Crippen LogP contribution in [-0.4, -0.2) is 31.3 Å². The van der Waals surface area contributed by atoms with Crippen molar-refractivity contribution in [3.63, 3.8) is 0 Å². The summed E-state index contributed by atoms with van der Waals surface area (Å²) in [5, 5.41) is 6.56. The van der Waals surface area contributed by atoms with Crippen molar-refractivity contribution in [3.05, 3.63) is 53.2 Å². The molecule has 0 saturated heterocycles. The van der Waals surface area contributed by atoms with Gasteiger partial charge in [0.15, 0.2) is 11.5 Å². The number of nitrogens with zero attached hydrogens (tertiary/aromatic N) is 2. The van der Waals surface area contributed by atoms with Crippen LogP contribution in [0.4, 0.5) is 23.1 Å². The van der Waals surface area contributed by atoms with Gasteiger partial charge >= 0.3 is 0 Å². The smallest absolute Gasteiger partial charge is 0.229 e. The highest BCUT2D eigenvalue weighted by atomic mass is 16.5. The van der Waals surface area contributed by atoms with Gasteiger partial charge in [-0.25, -0.2) is 4.98 Å². The molecule has 152 valence electrons. The molecule has 0 bridgehead atoms. The molecule has 1 heterocycles. The van der Waals surface area contributed by atoms with Gasteiger partial charge in [-0.1, -0.05) is 6.07 Å². The zero-order valence-corrected chi connectivity index (χ0v) is 17.6. The second-order valence-electron chi connectivity index (χ2n) is 6.68. The number of rotatable bonds is 7. The van der Waals surface area contributed by atoms with Gasteiger partial charge in [0.2, 0.25) is 11.7 Å². The summed E-state index contributed by atoms with van der Waals surface area (Å²) in [7, 11) is 4.73. The third-order valence-corrected chi connectivity index (χ3v) is 4.55. The van der Waals surface area contributed by atoms with Gasteiger partial charge in [-0.05, 0) is 44.0 Å². The number of hydrogen-bond acceptors (Lipinski definition) is 7. The third-order valence-electron chi connectivity index (χ3n) is 4.55. The van der Waals surface area contributed by atoms with Crippen molar-refractivity contribution in [3.8, 4) is 17.2 Å². The van der Waals surface area contributed by atoms with Crippen LogP contribution in [0.1, 0.15) is 16.8 Å². The van der Waals surface area contributed by atoms with Crippen LogP contribution in [-0.2, 0) is 0 Å². The number of hydrogen-bond donors (Lipinski definition) is 2. The molecule has 0 saturated carbocycles. The Morgan fingerprint density at radius 2 is 1.38 bits per heavy atom. The molecule has 29 heavy (non-hydrogen) atoms. The average molecular weight is 394 g/mol. The number of aryl methyl sites for hydroxylation is 3. The molecule has 0 amide bonds. The number of methoxy groups -OCH3 is 3. The predicted octanol–water partition coefficient (Wildman–Crippen LogP) is 4.91. The Labute approximate surface area is 171 Å². The lowest BCUT2D eigenvalue weighted by Gasteiger charge is -2.15. The average Bonchev–Trinajstić information content (AvgIpc) is 2.69. The van der Waals surface area contributed by atoms with Crippen LogP contribution in [0.15, 0.2) is 36.4 Å². The van der Waals surface area contributed by atoms with Gasteiger partial charge in [0.05, 0.1) is 21.3 Å². The summed E-state index contributed by atoms with van der Waals surface area (Å²) in [6.07, 6.45) is 0. The summed E-state index contributed by atoms with van der Waals surface area (Å²) in [5.74, 6) is 2.80. The number of benzene rings is 2. The molecule has 0 fully saturated rings. The first-order valence-electron chi connectivity index (χ1n) is 9.20. The Morgan fingerprint density at radius 3 is 1.97 bits per heavy atom. The molecule has 0 radical (unpaired) electrons. The molecule has 1 aromatic heterocycles. The fourth-order valence-electron chi connectivity index (χ4n) is 2.94. The molecule has 0 aliphatic rings. The SMILES string of the molecule is COc1cc(Nc2nc(C)cc(Nc3ccc(C)c(C)c3)n2)cc(OC)c1OC. The number of anilines is 4. The molecule has 0 atom stereocenters. The summed E-state index contributed by atoms with van der Waals surface area (Å²) in [6.45, 7) is 6.10. The van der Waals surface area contributed by atoms with E-state index >= 15 is 0 Å². The lowest BCUT2D eigenvalue weighted by atomic mass is 10.1. The lowest BCUT2D eigenvalue weighted by molar-refractivity contribution is 0.324. The molecule has 2 N–H and O–H groups in total. The fraction of sp³-hybridized carbons (Fsp3) is 0.273. The summed E-state index contributed by atoms with van der Waals surface area (Å²) in [6, 6.07) is 11.7. The summed E-state index contributed by atoms with van der Waals surface area (Å²) in [5.41, 5.74) is 5.00. The quantitative estimate of drug-likeness (QED) is 0.589. The Morgan fingerprint density at radius 1 is 0.690 bits per heavy atom. The van der Waals surface area contributed by atoms with Crippen molar-refractivity contribution >= 4 is 23.1 Å². The Bertz CT molecular complexity index is 996. The second-order valence-corrected chi connectivity index (χ2v) is 6.68. The summed E-state index contributed by atoms with van der Waals surface area (Å²) >= 11 is 0. The van der Waals surface area contributed by atoms with E-state index in [-0.39, 0.29) is 0 Å². The van der Waals surface area contributed by atoms with Crippen molar-refractivity contribution in [2.24, 2.45) is 0 Å². The van der Waals surface area contributed by atoms with Gasteiger partial charge in [0.25, 0.3) is 0 Å². The first kappa shape index (κ1) is 20.3. The zero-order chi connectivity index (χ0) is 21.0. The van der Waals surface area contributed by atoms with Crippen LogP contribution in [0.25, 0.3) is 0 Å². The standard InChI is InChI=1S/C22H26N4O3/c1-13-7-8-16(9-14(13)2)24-20-10-15(3)23-22(26-20)25-17-11-18(27-4)21(29-6)19(12-17)28-5/h7-12H,1-6H3,(H2,23,24,25,26). The van der Waals surface area contributed by atoms with Crippen molar-refractivity contribution in [1.82, 2.24) is 9.97 Å². The molecular weight excluding hydrogens is 368 g/mol. The first-order chi connectivity index (χ1) is 13.9. The van der Waals surface area contributed by atoms with Crippen molar-refractivity contribution < 1.29 is 14.2 Å². The lowest BCUT2D eigenvalue weighted by Crippen LogP contribution is -2.03. The van der Waals surface area contributed by atoms with Crippen molar-refractivity contribution in [1.29, 1.82) is 0 Å². The largest absolute Gasteiger partial charge is 0.493 e. The van der Waals surface area contributed by atoms with E-state index in [1.165, 1.54) is 11.1 Å². The van der Waals surface area contributed by atoms with E-state index in [1.54, 1.807) is 21.3 Å². The molecule has 0 spiro atoms. The molecule has 3 rings (SSSR count). The van der Waals surface area contributed by atoms with E-state index < -0.39 is 0 Å². The van der Waals surface area contributed by atoms with Gasteiger partial charge in [-0.3, -0.25) is 0 Å². The van der Waals surface area contributed by atoms with Crippen molar-refractivity contribution in [2.45, 2.75) is 20.8 Å². The van der Waals surface area contributed by atoms with E-state index in [0.717, 1.165) is 17.1 Å². The topological polar surface area (TPSA) is 77.5 Å². The van der Waals surface area contributed by atoms with Gasteiger partial charge in [0.1, 0.15) is 5.82 Å². The third kappa shape index (κ3) is 4.68. The van der Waals surface area contributed by atoms with E-state index in [1.807, 2.05) is 31.2 Å². The Kier molecular flexibility index (Phi) is 6.07. The molecule has 2 aromatic carbocycles. The van der Waals surface area contributed by atoms with Crippen LogP contribution in [0, 0.1) is 20.8 Å². The molecule has 0 aliphatic carbocycles. The second kappa shape index (κ2) is 8.68. The Hall–Kier alpha value is -3.48. The molecule has 3 aromatic rings. The maximum atomic E-state index is 5.41. The number of aromatic nitrogens is 2. The molecule has 7 nitrogen and oxygen atoms in total. The number of ether oxygens (including phenoxy) is 3. The van der Waals surface area contributed by atoms with Crippen molar-refractivity contribution in [2.75, 3.05) is 32.0 Å². The van der Waals surface area contributed by atoms with Gasteiger partial charge < -0.3 is 24.8 Å². The van der Waals surface area contributed by atoms with Crippen LogP contribution in [0.2, 0.25) is 0 Å². The van der Waals surface area contributed by atoms with Crippen LogP contribution < -0.4 is 24.8 Å². The van der Waals surface area contributed by atoms with Crippen LogP contribution in [0.5, 0.6) is 17.2 Å². The Balaban J connectivity index is 1.89. The van der Waals surface area contributed by atoms with E-state index in [4.69, 9.17) is 14.2 Å². The van der Waals surface area contributed by atoms with E-state index in [9.17, 15) is 0 Å². The minimum Gasteiger partial charge on any atom is -0.493 e. The normalized spacial score (nSPS) is 10.4. The fourth-order valence-corrected chi connectivity index (χ4v) is 2.94. The minimum absolute atomic E-state index is 0.464. The monoisotopic (exact) mass is 394 g/mol. The van der Waals surface area contributed by atoms with Gasteiger partial charge in [0, 0.05) is 35.3 Å². The minimum atomic E-state index is 0.464. The first-order valence-corrected chi connectivity index (χ1v) is 9.20. The summed E-state index contributed by atoms with van der Waals surface area (Å²) in [4.78, 5) is 9.06.